The Balaban J connectivity index is 1.33. The minimum Gasteiger partial charge on any atom is -0.478 e. The van der Waals surface area contributed by atoms with Gasteiger partial charge >= 0.3 is 11.9 Å². The highest BCUT2D eigenvalue weighted by Gasteiger charge is 2.26. The first-order chi connectivity index (χ1) is 25.7. The van der Waals surface area contributed by atoms with E-state index in [1.807, 2.05) is 61.5 Å². The Morgan fingerprint density at radius 3 is 2.23 bits per heavy atom. The third kappa shape index (κ3) is 5.89. The van der Waals surface area contributed by atoms with Gasteiger partial charge in [-0.25, -0.2) is 14.6 Å². The number of carboxylic acids is 2. The molecule has 0 atom stereocenters. The number of carboxylic acid groups (broad SMARTS) is 2. The van der Waals surface area contributed by atoms with Crippen molar-refractivity contribution >= 4 is 61.8 Å². The molecule has 2 aliphatic rings. The second-order valence-corrected chi connectivity index (χ2v) is 12.7. The summed E-state index contributed by atoms with van der Waals surface area (Å²) in [5.41, 5.74) is 13.0. The summed E-state index contributed by atoms with van der Waals surface area (Å²) in [6.45, 7) is 2.10. The monoisotopic (exact) mass is 701 g/mol. The van der Waals surface area contributed by atoms with Crippen molar-refractivity contribution in [2.24, 2.45) is 0 Å². The fourth-order valence-corrected chi connectivity index (χ4v) is 6.84. The van der Waals surface area contributed by atoms with E-state index in [-0.39, 0.29) is 41.1 Å². The number of pyridine rings is 2. The lowest BCUT2D eigenvalue weighted by molar-refractivity contribution is 0.0683. The summed E-state index contributed by atoms with van der Waals surface area (Å²) in [5.74, 6) is -2.01. The van der Waals surface area contributed by atoms with E-state index in [1.54, 1.807) is 42.6 Å². The zero-order chi connectivity index (χ0) is 36.8. The van der Waals surface area contributed by atoms with E-state index < -0.39 is 11.9 Å². The molecule has 0 fully saturated rings. The summed E-state index contributed by atoms with van der Waals surface area (Å²) < 4.78 is 6.75. The predicted octanol–water partition coefficient (Wildman–Crippen LogP) is 8.17. The van der Waals surface area contributed by atoms with Gasteiger partial charge in [0, 0.05) is 57.8 Å². The Bertz CT molecular complexity index is 2810. The number of aryl methyl sites for hydroxylation is 1. The molecule has 1 aliphatic heterocycles. The van der Waals surface area contributed by atoms with E-state index in [0.717, 1.165) is 22.2 Å². The molecule has 0 amide bonds. The van der Waals surface area contributed by atoms with Crippen LogP contribution in [-0.4, -0.2) is 32.1 Å². The first kappa shape index (κ1) is 32.9. The Labute approximate surface area is 301 Å². The van der Waals surface area contributed by atoms with Gasteiger partial charge in [0.05, 0.1) is 33.5 Å². The van der Waals surface area contributed by atoms with Gasteiger partial charge in [-0.05, 0) is 67.1 Å². The van der Waals surface area contributed by atoms with Crippen molar-refractivity contribution in [1.82, 2.24) is 9.97 Å². The molecule has 53 heavy (non-hydrogen) atoms. The minimum atomic E-state index is -1.16. The number of carbonyl (C=O) groups is 2. The molecule has 0 spiro atoms. The molecule has 6 N–H and O–H groups in total. The van der Waals surface area contributed by atoms with Crippen LogP contribution in [0.1, 0.15) is 37.5 Å². The fourth-order valence-electron chi connectivity index (χ4n) is 6.84. The zero-order valence-corrected chi connectivity index (χ0v) is 28.3. The normalized spacial score (nSPS) is 11.3. The Morgan fingerprint density at radius 1 is 0.755 bits per heavy atom. The number of nitrogens with two attached hydrogens (primary N) is 1. The third-order valence-corrected chi connectivity index (χ3v) is 9.42. The van der Waals surface area contributed by atoms with Gasteiger partial charge in [-0.2, -0.15) is 0 Å². The summed E-state index contributed by atoms with van der Waals surface area (Å²) in [5, 5.41) is 29.0. The number of aromatic nitrogens is 2. The van der Waals surface area contributed by atoms with Crippen molar-refractivity contribution in [3.63, 3.8) is 0 Å². The molecule has 0 saturated heterocycles. The highest BCUT2D eigenvalue weighted by Crippen LogP contribution is 2.44. The number of rotatable bonds is 9. The average molecular weight is 702 g/mol. The van der Waals surface area contributed by atoms with Gasteiger partial charge in [0.2, 0.25) is 0 Å². The molecule has 2 aromatic heterocycles. The number of hydrogen-bond donors (Lipinski definition) is 5. The first-order valence-corrected chi connectivity index (χ1v) is 16.8. The SMILES string of the molecule is Cc1ccc(C(=O)O)c(-c2c3ccc(=O)c(CNc4cccc5ccc(C(=O)O)nc45)c-3oc3c(CNc4cccc5cccnc45)c(N)ccc23)c1. The van der Waals surface area contributed by atoms with Crippen molar-refractivity contribution in [3.8, 4) is 22.5 Å². The predicted molar refractivity (Wildman–Crippen MR) is 206 cm³/mol. The van der Waals surface area contributed by atoms with E-state index in [0.29, 0.717) is 55.5 Å². The van der Waals surface area contributed by atoms with E-state index in [9.17, 15) is 24.6 Å². The van der Waals surface area contributed by atoms with Crippen molar-refractivity contribution in [2.45, 2.75) is 20.0 Å². The summed E-state index contributed by atoms with van der Waals surface area (Å²) in [6, 6.07) is 30.0. The molecule has 1 aliphatic carbocycles. The van der Waals surface area contributed by atoms with Crippen molar-refractivity contribution in [1.29, 1.82) is 0 Å². The maximum Gasteiger partial charge on any atom is 0.354 e. The Hall–Kier alpha value is -7.27. The van der Waals surface area contributed by atoms with Crippen LogP contribution in [0, 0.1) is 6.92 Å². The second-order valence-electron chi connectivity index (χ2n) is 12.7. The second kappa shape index (κ2) is 13.1. The summed E-state index contributed by atoms with van der Waals surface area (Å²) >= 11 is 0. The first-order valence-electron chi connectivity index (χ1n) is 16.8. The van der Waals surface area contributed by atoms with E-state index in [2.05, 4.69) is 20.6 Å². The highest BCUT2D eigenvalue weighted by atomic mass is 16.4. The lowest BCUT2D eigenvalue weighted by Gasteiger charge is -2.22. The van der Waals surface area contributed by atoms with Crippen molar-refractivity contribution in [2.75, 3.05) is 16.4 Å². The molecule has 11 nitrogen and oxygen atoms in total. The molecular formula is C42H31N5O6. The smallest absolute Gasteiger partial charge is 0.354 e. The number of benzene rings is 5. The average Bonchev–Trinajstić information content (AvgIpc) is 3.16. The third-order valence-electron chi connectivity index (χ3n) is 9.42. The van der Waals surface area contributed by atoms with Crippen LogP contribution in [0.5, 0.6) is 0 Å². The summed E-state index contributed by atoms with van der Waals surface area (Å²) in [4.78, 5) is 47.0. The molecule has 8 rings (SSSR count). The quantitative estimate of drug-likeness (QED) is 0.0723. The molecule has 6 aromatic rings. The standard InChI is InChI=1S/C42H31N5O6/c1-22-10-12-25(41(49)50)28(19-22)36-26-13-15-31(43)29(20-45-32-8-2-5-23-7-4-18-44-37(23)32)39(26)53-40-27(36)14-17-35(48)30(40)21-46-33-9-3-6-24-11-16-34(42(51)52)47-38(24)33/h2-19,45-46H,20-21,43H2,1H3,(H,49,50)(H,51,52). The van der Waals surface area contributed by atoms with E-state index in [1.165, 1.54) is 12.1 Å². The Morgan fingerprint density at radius 2 is 1.47 bits per heavy atom. The number of fused-ring (bicyclic) bond motifs is 4. The number of anilines is 3. The molecule has 0 bridgehead atoms. The maximum atomic E-state index is 13.7. The lowest BCUT2D eigenvalue weighted by atomic mass is 9.87. The molecule has 4 aromatic carbocycles. The van der Waals surface area contributed by atoms with Gasteiger partial charge in [0.1, 0.15) is 17.0 Å². The molecule has 3 heterocycles. The molecule has 0 unspecified atom stereocenters. The van der Waals surface area contributed by atoms with Crippen LogP contribution in [0.15, 0.2) is 119 Å². The van der Waals surface area contributed by atoms with Gasteiger partial charge < -0.3 is 31.0 Å². The van der Waals surface area contributed by atoms with E-state index >= 15 is 0 Å². The zero-order valence-electron chi connectivity index (χ0n) is 28.3. The van der Waals surface area contributed by atoms with Gasteiger partial charge in [-0.1, -0.05) is 54.1 Å². The van der Waals surface area contributed by atoms with Crippen molar-refractivity contribution in [3.05, 3.63) is 147 Å². The van der Waals surface area contributed by atoms with Crippen LogP contribution < -0.4 is 21.8 Å². The number of nitrogens with one attached hydrogen (secondary N) is 2. The van der Waals surface area contributed by atoms with E-state index in [4.69, 9.17) is 10.2 Å². The Kier molecular flexibility index (Phi) is 8.15. The molecule has 0 radical (unpaired) electrons. The van der Waals surface area contributed by atoms with Crippen LogP contribution in [0.25, 0.3) is 55.2 Å². The number of aromatic carboxylic acids is 2. The van der Waals surface area contributed by atoms with Crippen LogP contribution in [0.2, 0.25) is 0 Å². The summed E-state index contributed by atoms with van der Waals surface area (Å²) in [6.07, 6.45) is 1.73. The van der Waals surface area contributed by atoms with Crippen LogP contribution in [0.4, 0.5) is 17.1 Å². The minimum absolute atomic E-state index is 0.0140. The molecule has 260 valence electrons. The van der Waals surface area contributed by atoms with Crippen LogP contribution >= 0.6 is 0 Å². The van der Waals surface area contributed by atoms with Crippen LogP contribution in [-0.2, 0) is 13.1 Å². The van der Waals surface area contributed by atoms with Gasteiger partial charge in [-0.3, -0.25) is 9.78 Å². The maximum absolute atomic E-state index is 13.7. The van der Waals surface area contributed by atoms with Crippen molar-refractivity contribution < 1.29 is 24.2 Å². The number of nitrogen functional groups attached to an aromatic ring is 1. The van der Waals surface area contributed by atoms with Gasteiger partial charge in [-0.15, -0.1) is 0 Å². The number of para-hydroxylation sites is 2. The molecular weight excluding hydrogens is 670 g/mol. The van der Waals surface area contributed by atoms with Gasteiger partial charge in [0.25, 0.3) is 0 Å². The highest BCUT2D eigenvalue weighted by molar-refractivity contribution is 6.09. The van der Waals surface area contributed by atoms with Crippen LogP contribution in [0.3, 0.4) is 0 Å². The fraction of sp³-hybridized carbons (Fsp3) is 0.0714. The lowest BCUT2D eigenvalue weighted by Crippen LogP contribution is -2.15. The summed E-state index contributed by atoms with van der Waals surface area (Å²) in [7, 11) is 0. The largest absolute Gasteiger partial charge is 0.478 e. The van der Waals surface area contributed by atoms with Gasteiger partial charge in [0.15, 0.2) is 5.43 Å². The molecule has 11 heteroatoms. The number of hydrogen-bond acceptors (Lipinski definition) is 9. The molecule has 0 saturated carbocycles. The number of nitrogens with zero attached hydrogens (tertiary/aromatic N) is 2. The topological polar surface area (TPSA) is 181 Å².